The van der Waals surface area contributed by atoms with E-state index < -0.39 is 0 Å². The Kier molecular flexibility index (Phi) is 5.14. The molecule has 1 amide bonds. The molecule has 0 unspecified atom stereocenters. The Labute approximate surface area is 151 Å². The third-order valence-electron chi connectivity index (χ3n) is 3.89. The summed E-state index contributed by atoms with van der Waals surface area (Å²) in [6, 6.07) is 13.2. The second-order valence-corrected chi connectivity index (χ2v) is 6.21. The average molecular weight is 356 g/mol. The van der Waals surface area contributed by atoms with Crippen molar-refractivity contribution in [3.8, 4) is 11.4 Å². The summed E-state index contributed by atoms with van der Waals surface area (Å²) >= 11 is 6.13. The smallest absolute Gasteiger partial charge is 0.227 e. The molecule has 3 aromatic rings. The fourth-order valence-corrected chi connectivity index (χ4v) is 2.76. The van der Waals surface area contributed by atoms with Gasteiger partial charge < -0.3 is 9.84 Å². The van der Waals surface area contributed by atoms with Crippen LogP contribution in [0.25, 0.3) is 11.4 Å². The van der Waals surface area contributed by atoms with E-state index in [0.29, 0.717) is 28.7 Å². The Morgan fingerprint density at radius 3 is 2.56 bits per heavy atom. The highest BCUT2D eigenvalue weighted by Crippen LogP contribution is 2.25. The minimum atomic E-state index is -0.0881. The number of hydrogen-bond acceptors (Lipinski definition) is 4. The van der Waals surface area contributed by atoms with Gasteiger partial charge in [-0.25, -0.2) is 0 Å². The van der Waals surface area contributed by atoms with Crippen molar-refractivity contribution < 1.29 is 9.32 Å². The van der Waals surface area contributed by atoms with Crippen LogP contribution in [0.5, 0.6) is 0 Å². The number of nitrogens with one attached hydrogen (secondary N) is 1. The summed E-state index contributed by atoms with van der Waals surface area (Å²) in [4.78, 5) is 16.5. The van der Waals surface area contributed by atoms with E-state index in [0.717, 1.165) is 16.8 Å². The van der Waals surface area contributed by atoms with Crippen molar-refractivity contribution in [3.05, 3.63) is 64.5 Å². The highest BCUT2D eigenvalue weighted by atomic mass is 35.5. The SMILES string of the molecule is Cc1cccc(C)c1NC(=O)CCc1nc(-c2ccccc2Cl)no1. The van der Waals surface area contributed by atoms with Gasteiger partial charge in [-0.15, -0.1) is 0 Å². The van der Waals surface area contributed by atoms with Crippen molar-refractivity contribution in [1.29, 1.82) is 0 Å². The molecule has 0 radical (unpaired) electrons. The molecule has 0 aliphatic rings. The molecule has 0 fully saturated rings. The van der Waals surface area contributed by atoms with E-state index >= 15 is 0 Å². The predicted molar refractivity (Wildman–Crippen MR) is 97.6 cm³/mol. The van der Waals surface area contributed by atoms with Gasteiger partial charge in [-0.2, -0.15) is 4.98 Å². The van der Waals surface area contributed by atoms with Crippen molar-refractivity contribution in [1.82, 2.24) is 10.1 Å². The van der Waals surface area contributed by atoms with E-state index in [1.807, 2.05) is 50.2 Å². The van der Waals surface area contributed by atoms with E-state index in [1.165, 1.54) is 0 Å². The molecule has 0 bridgehead atoms. The topological polar surface area (TPSA) is 68.0 Å². The number of para-hydroxylation sites is 1. The van der Waals surface area contributed by atoms with Crippen LogP contribution in [-0.4, -0.2) is 16.0 Å². The average Bonchev–Trinajstić information content (AvgIpc) is 3.06. The molecule has 1 N–H and O–H groups in total. The number of hydrogen-bond donors (Lipinski definition) is 1. The second kappa shape index (κ2) is 7.49. The Morgan fingerprint density at radius 2 is 1.84 bits per heavy atom. The van der Waals surface area contributed by atoms with Crippen LogP contribution in [0, 0.1) is 13.8 Å². The Bertz CT molecular complexity index is 885. The summed E-state index contributed by atoms with van der Waals surface area (Å²) in [5.74, 6) is 0.747. The Hall–Kier alpha value is -2.66. The molecule has 2 aromatic carbocycles. The first-order valence-corrected chi connectivity index (χ1v) is 8.36. The largest absolute Gasteiger partial charge is 0.339 e. The number of carbonyl (C=O) groups excluding carboxylic acids is 1. The number of aromatic nitrogens is 2. The lowest BCUT2D eigenvalue weighted by molar-refractivity contribution is -0.116. The molecule has 0 aliphatic carbocycles. The first-order valence-electron chi connectivity index (χ1n) is 7.98. The molecule has 25 heavy (non-hydrogen) atoms. The van der Waals surface area contributed by atoms with E-state index in [4.69, 9.17) is 16.1 Å². The molecule has 6 heteroatoms. The number of nitrogens with zero attached hydrogens (tertiary/aromatic N) is 2. The van der Waals surface area contributed by atoms with Gasteiger partial charge in [0.2, 0.25) is 17.6 Å². The molecule has 0 aliphatic heterocycles. The molecule has 0 spiro atoms. The molecule has 0 atom stereocenters. The fraction of sp³-hybridized carbons (Fsp3) is 0.211. The van der Waals surface area contributed by atoms with Crippen molar-refractivity contribution in [2.24, 2.45) is 0 Å². The monoisotopic (exact) mass is 355 g/mol. The summed E-state index contributed by atoms with van der Waals surface area (Å²) in [5.41, 5.74) is 3.63. The fourth-order valence-electron chi connectivity index (χ4n) is 2.54. The summed E-state index contributed by atoms with van der Waals surface area (Å²) in [6.45, 7) is 3.94. The molecular formula is C19H18ClN3O2. The minimum Gasteiger partial charge on any atom is -0.339 e. The van der Waals surface area contributed by atoms with Gasteiger partial charge in [0.15, 0.2) is 0 Å². The van der Waals surface area contributed by atoms with E-state index in [-0.39, 0.29) is 12.3 Å². The van der Waals surface area contributed by atoms with Crippen LogP contribution in [0.4, 0.5) is 5.69 Å². The third-order valence-corrected chi connectivity index (χ3v) is 4.22. The van der Waals surface area contributed by atoms with Gasteiger partial charge in [0.25, 0.3) is 0 Å². The van der Waals surface area contributed by atoms with E-state index in [1.54, 1.807) is 6.07 Å². The summed E-state index contributed by atoms with van der Waals surface area (Å²) < 4.78 is 5.22. The number of aryl methyl sites for hydroxylation is 3. The lowest BCUT2D eigenvalue weighted by atomic mass is 10.1. The van der Waals surface area contributed by atoms with Crippen LogP contribution in [0.15, 0.2) is 47.0 Å². The Morgan fingerprint density at radius 1 is 1.12 bits per heavy atom. The zero-order valence-corrected chi connectivity index (χ0v) is 14.8. The van der Waals surface area contributed by atoms with Crippen LogP contribution in [0.2, 0.25) is 5.02 Å². The maximum absolute atomic E-state index is 12.2. The van der Waals surface area contributed by atoms with Crippen LogP contribution < -0.4 is 5.32 Å². The molecule has 128 valence electrons. The number of rotatable bonds is 5. The molecule has 0 saturated heterocycles. The van der Waals surface area contributed by atoms with Crippen molar-refractivity contribution >= 4 is 23.2 Å². The number of benzene rings is 2. The normalized spacial score (nSPS) is 10.7. The van der Waals surface area contributed by atoms with Gasteiger partial charge in [0.1, 0.15) is 0 Å². The standard InChI is InChI=1S/C19H18ClN3O2/c1-12-6-5-7-13(2)18(12)21-16(24)10-11-17-22-19(23-25-17)14-8-3-4-9-15(14)20/h3-9H,10-11H2,1-2H3,(H,21,24). The molecular weight excluding hydrogens is 338 g/mol. The van der Waals surface area contributed by atoms with E-state index in [2.05, 4.69) is 15.5 Å². The zero-order chi connectivity index (χ0) is 17.8. The lowest BCUT2D eigenvalue weighted by Crippen LogP contribution is -2.14. The van der Waals surface area contributed by atoms with Crippen LogP contribution in [-0.2, 0) is 11.2 Å². The van der Waals surface area contributed by atoms with Crippen molar-refractivity contribution in [2.45, 2.75) is 26.7 Å². The van der Waals surface area contributed by atoms with Crippen LogP contribution >= 0.6 is 11.6 Å². The molecule has 5 nitrogen and oxygen atoms in total. The number of carbonyl (C=O) groups is 1. The highest BCUT2D eigenvalue weighted by molar-refractivity contribution is 6.33. The number of halogens is 1. The van der Waals surface area contributed by atoms with Crippen LogP contribution in [0.1, 0.15) is 23.4 Å². The summed E-state index contributed by atoms with van der Waals surface area (Å²) in [6.07, 6.45) is 0.631. The van der Waals surface area contributed by atoms with E-state index in [9.17, 15) is 4.79 Å². The van der Waals surface area contributed by atoms with Crippen LogP contribution in [0.3, 0.4) is 0 Å². The summed E-state index contributed by atoms with van der Waals surface area (Å²) in [5, 5.41) is 7.44. The maximum Gasteiger partial charge on any atom is 0.227 e. The van der Waals surface area contributed by atoms with Gasteiger partial charge in [-0.3, -0.25) is 4.79 Å². The molecule has 1 heterocycles. The molecule has 3 rings (SSSR count). The molecule has 0 saturated carbocycles. The third kappa shape index (κ3) is 4.06. The first kappa shape index (κ1) is 17.2. The maximum atomic E-state index is 12.2. The minimum absolute atomic E-state index is 0.0881. The van der Waals surface area contributed by atoms with Crippen molar-refractivity contribution in [2.75, 3.05) is 5.32 Å². The number of amides is 1. The number of anilines is 1. The first-order chi connectivity index (χ1) is 12.0. The van der Waals surface area contributed by atoms with Gasteiger partial charge >= 0.3 is 0 Å². The Balaban J connectivity index is 1.63. The lowest BCUT2D eigenvalue weighted by Gasteiger charge is -2.10. The quantitative estimate of drug-likeness (QED) is 0.727. The van der Waals surface area contributed by atoms with Gasteiger partial charge in [0.05, 0.1) is 5.02 Å². The van der Waals surface area contributed by atoms with Gasteiger partial charge in [-0.05, 0) is 37.1 Å². The second-order valence-electron chi connectivity index (χ2n) is 5.81. The summed E-state index contributed by atoms with van der Waals surface area (Å²) in [7, 11) is 0. The predicted octanol–water partition coefficient (Wildman–Crippen LogP) is 4.58. The zero-order valence-electron chi connectivity index (χ0n) is 14.0. The van der Waals surface area contributed by atoms with Gasteiger partial charge in [0, 0.05) is 24.1 Å². The molecule has 1 aromatic heterocycles. The highest BCUT2D eigenvalue weighted by Gasteiger charge is 2.13. The van der Waals surface area contributed by atoms with Crippen molar-refractivity contribution in [3.63, 3.8) is 0 Å². The van der Waals surface area contributed by atoms with Gasteiger partial charge in [-0.1, -0.05) is 47.1 Å².